The maximum atomic E-state index is 2.67. The van der Waals surface area contributed by atoms with Crippen molar-refractivity contribution in [1.29, 1.82) is 0 Å². The minimum Gasteiger partial charge on any atom is -0.310 e. The molecule has 1 aromatic heterocycles. The molecule has 0 amide bonds. The fourth-order valence-corrected chi connectivity index (χ4v) is 16.2. The quantitative estimate of drug-likeness (QED) is 0.147. The molecule has 2 bridgehead atoms. The van der Waals surface area contributed by atoms with Gasteiger partial charge in [-0.05, 0) is 162 Å². The van der Waals surface area contributed by atoms with Crippen molar-refractivity contribution in [3.8, 4) is 55.6 Å². The molecule has 3 nitrogen and oxygen atoms in total. The number of anilines is 9. The normalized spacial score (nSPS) is 13.2. The molecule has 0 spiro atoms. The molecule has 422 valence electrons. The first kappa shape index (κ1) is 53.9. The van der Waals surface area contributed by atoms with Crippen LogP contribution < -0.4 is 30.4 Å². The van der Waals surface area contributed by atoms with E-state index >= 15 is 0 Å². The van der Waals surface area contributed by atoms with Gasteiger partial charge in [-0.1, -0.05) is 247 Å². The highest BCUT2D eigenvalue weighted by Gasteiger charge is 2.47. The lowest BCUT2D eigenvalue weighted by atomic mass is 9.36. The van der Waals surface area contributed by atoms with Crippen LogP contribution in [0.1, 0.15) is 52.7 Å². The van der Waals surface area contributed by atoms with Crippen molar-refractivity contribution in [3.63, 3.8) is 0 Å². The standard InChI is InChI=1S/C82H64BN3S2/c1-81(2,3)61-36-40-63(41-37-61)84-65-44-45-69-72(52-65)86(71-34-22-33-70-76(71)83(69)80-79(85(70)64-42-38-62(39-43-64)82(4,5)6)68-47-58(35-46-73(68)88-80)53-23-12-7-13-24-53)78-67(57-31-20-11-21-32-57)49-60(55-27-16-9-17-28-55)51-75(78)87-74-50-59(54-25-14-8-15-26-54)48-66(77(74)84)56-29-18-10-19-30-56/h7-52H,1-6H3. The first-order valence-corrected chi connectivity index (χ1v) is 32.3. The smallest absolute Gasteiger partial charge is 0.264 e. The molecule has 0 radical (unpaired) electrons. The highest BCUT2D eigenvalue weighted by Crippen LogP contribution is 2.58. The molecule has 3 aliphatic rings. The van der Waals surface area contributed by atoms with Crippen LogP contribution >= 0.6 is 23.1 Å². The third-order valence-electron chi connectivity index (χ3n) is 18.1. The Balaban J connectivity index is 1.05. The number of fused-ring (bicyclic) bond motifs is 10. The Morgan fingerprint density at radius 2 is 0.761 bits per heavy atom. The second kappa shape index (κ2) is 21.1. The molecule has 0 atom stereocenters. The fraction of sp³-hybridized carbons (Fsp3) is 0.0976. The van der Waals surface area contributed by atoms with E-state index in [0.717, 1.165) is 77.3 Å². The van der Waals surface area contributed by atoms with Gasteiger partial charge < -0.3 is 14.7 Å². The minimum absolute atomic E-state index is 0.00561. The lowest BCUT2D eigenvalue weighted by Gasteiger charge is -2.44. The largest absolute Gasteiger partial charge is 0.310 e. The van der Waals surface area contributed by atoms with E-state index in [-0.39, 0.29) is 17.5 Å². The summed E-state index contributed by atoms with van der Waals surface area (Å²) in [7, 11) is 0. The number of benzene rings is 12. The van der Waals surface area contributed by atoms with Crippen LogP contribution in [0.25, 0.3) is 65.7 Å². The third kappa shape index (κ3) is 9.11. The van der Waals surface area contributed by atoms with Crippen LogP contribution in [0.4, 0.5) is 51.2 Å². The molecular formula is C82H64BN3S2. The van der Waals surface area contributed by atoms with Gasteiger partial charge in [-0.25, -0.2) is 0 Å². The van der Waals surface area contributed by atoms with E-state index in [1.807, 2.05) is 23.1 Å². The Bertz CT molecular complexity index is 4820. The van der Waals surface area contributed by atoms with Gasteiger partial charge in [-0.15, -0.1) is 11.3 Å². The van der Waals surface area contributed by atoms with Crippen LogP contribution in [0.3, 0.4) is 0 Å². The Labute approximate surface area is 526 Å². The summed E-state index contributed by atoms with van der Waals surface area (Å²) in [5.41, 5.74) is 27.3. The van der Waals surface area contributed by atoms with Crippen LogP contribution in [0.2, 0.25) is 0 Å². The number of hydrogen-bond donors (Lipinski definition) is 0. The van der Waals surface area contributed by atoms with E-state index < -0.39 is 0 Å². The van der Waals surface area contributed by atoms with Crippen molar-refractivity contribution >= 4 is 107 Å². The summed E-state index contributed by atoms with van der Waals surface area (Å²) in [4.78, 5) is 10.2. The van der Waals surface area contributed by atoms with Crippen molar-refractivity contribution in [2.45, 2.75) is 62.2 Å². The van der Waals surface area contributed by atoms with Gasteiger partial charge in [-0.3, -0.25) is 0 Å². The van der Waals surface area contributed by atoms with Crippen LogP contribution in [-0.2, 0) is 10.8 Å². The monoisotopic (exact) mass is 1170 g/mol. The molecule has 4 heterocycles. The SMILES string of the molecule is CC(C)(C)c1ccc(N2c3ccc4c(c3)N(c3cccc5c3B4c3sc4ccc(-c6ccccc6)cc4c3N5c3ccc(C(C)(C)C)cc3)c3c(cc(-c4ccccc4)cc3-c3ccccc3)Sc3cc(-c4ccccc4)cc(-c4ccccc4)c32)cc1. The van der Waals surface area contributed by atoms with Crippen LogP contribution in [-0.4, -0.2) is 6.71 Å². The molecule has 0 saturated carbocycles. The van der Waals surface area contributed by atoms with Gasteiger partial charge >= 0.3 is 0 Å². The van der Waals surface area contributed by atoms with E-state index in [0.29, 0.717) is 0 Å². The summed E-state index contributed by atoms with van der Waals surface area (Å²) in [5, 5.41) is 1.26. The summed E-state index contributed by atoms with van der Waals surface area (Å²) in [6.45, 7) is 13.7. The molecule has 3 aliphatic heterocycles. The van der Waals surface area contributed by atoms with Gasteiger partial charge in [0, 0.05) is 69.9 Å². The van der Waals surface area contributed by atoms with Gasteiger partial charge in [0.05, 0.1) is 17.1 Å². The summed E-state index contributed by atoms with van der Waals surface area (Å²) in [6, 6.07) is 105. The molecule has 16 rings (SSSR count). The van der Waals surface area contributed by atoms with Crippen LogP contribution in [0, 0.1) is 0 Å². The Kier molecular flexibility index (Phi) is 12.9. The second-order valence-electron chi connectivity index (χ2n) is 25.7. The van der Waals surface area contributed by atoms with E-state index in [1.165, 1.54) is 76.2 Å². The lowest BCUT2D eigenvalue weighted by molar-refractivity contribution is 0.590. The number of hydrogen-bond acceptors (Lipinski definition) is 5. The number of nitrogens with zero attached hydrogens (tertiary/aromatic N) is 3. The van der Waals surface area contributed by atoms with Crippen LogP contribution in [0.15, 0.2) is 289 Å². The maximum absolute atomic E-state index is 2.67. The topological polar surface area (TPSA) is 9.72 Å². The molecule has 0 unspecified atom stereocenters. The highest BCUT2D eigenvalue weighted by atomic mass is 32.2. The first-order valence-electron chi connectivity index (χ1n) is 30.7. The predicted octanol–water partition coefficient (Wildman–Crippen LogP) is 21.8. The molecule has 13 aromatic rings. The summed E-state index contributed by atoms with van der Waals surface area (Å²) in [5.74, 6) is 0. The zero-order chi connectivity index (χ0) is 59.4. The molecule has 0 saturated heterocycles. The van der Waals surface area contributed by atoms with Crippen LogP contribution in [0.5, 0.6) is 0 Å². The molecule has 0 aliphatic carbocycles. The zero-order valence-electron chi connectivity index (χ0n) is 50.3. The minimum atomic E-state index is -0.0906. The van der Waals surface area contributed by atoms with E-state index in [4.69, 9.17) is 0 Å². The first-order chi connectivity index (χ1) is 42.9. The second-order valence-corrected chi connectivity index (χ2v) is 27.9. The van der Waals surface area contributed by atoms with Crippen molar-refractivity contribution < 1.29 is 0 Å². The molecule has 12 aromatic carbocycles. The van der Waals surface area contributed by atoms with E-state index in [9.17, 15) is 0 Å². The van der Waals surface area contributed by atoms with Gasteiger partial charge in [0.1, 0.15) is 0 Å². The molecule has 0 N–H and O–H groups in total. The summed E-state index contributed by atoms with van der Waals surface area (Å²) < 4.78 is 2.62. The molecule has 0 fully saturated rings. The lowest BCUT2D eigenvalue weighted by Crippen LogP contribution is -2.60. The summed E-state index contributed by atoms with van der Waals surface area (Å²) >= 11 is 3.84. The van der Waals surface area contributed by atoms with Crippen molar-refractivity contribution in [2.75, 3.05) is 14.7 Å². The van der Waals surface area contributed by atoms with Gasteiger partial charge in [0.25, 0.3) is 6.71 Å². The predicted molar refractivity (Wildman–Crippen MR) is 379 cm³/mol. The maximum Gasteiger partial charge on any atom is 0.264 e. The van der Waals surface area contributed by atoms with Gasteiger partial charge in [-0.2, -0.15) is 0 Å². The third-order valence-corrected chi connectivity index (χ3v) is 20.4. The Morgan fingerprint density at radius 3 is 1.26 bits per heavy atom. The zero-order valence-corrected chi connectivity index (χ0v) is 51.9. The molecule has 6 heteroatoms. The fourth-order valence-electron chi connectivity index (χ4n) is 13.7. The van der Waals surface area contributed by atoms with Crippen molar-refractivity contribution in [3.05, 3.63) is 290 Å². The van der Waals surface area contributed by atoms with E-state index in [2.05, 4.69) is 335 Å². The Hall–Kier alpha value is -9.59. The molecule has 88 heavy (non-hydrogen) atoms. The van der Waals surface area contributed by atoms with Crippen molar-refractivity contribution in [1.82, 2.24) is 0 Å². The van der Waals surface area contributed by atoms with Gasteiger partial charge in [0.15, 0.2) is 0 Å². The molecular weight excluding hydrogens is 1100 g/mol. The van der Waals surface area contributed by atoms with Crippen molar-refractivity contribution in [2.24, 2.45) is 0 Å². The average Bonchev–Trinajstić information content (AvgIpc) is 1.20. The number of rotatable bonds is 7. The van der Waals surface area contributed by atoms with E-state index in [1.54, 1.807) is 0 Å². The average molecular weight is 1170 g/mol. The number of thiophene rings is 1. The van der Waals surface area contributed by atoms with Gasteiger partial charge in [0.2, 0.25) is 0 Å². The summed E-state index contributed by atoms with van der Waals surface area (Å²) in [6.07, 6.45) is 0. The Morgan fingerprint density at radius 1 is 0.318 bits per heavy atom. The highest BCUT2D eigenvalue weighted by molar-refractivity contribution is 7.99.